The predicted molar refractivity (Wildman–Crippen MR) is 78.8 cm³/mol. The molecular weight excluding hydrogens is 271 g/mol. The Kier molecular flexibility index (Phi) is 4.57. The van der Waals surface area contributed by atoms with Gasteiger partial charge in [0, 0.05) is 12.7 Å². The monoisotopic (exact) mass is 290 g/mol. The Balaban J connectivity index is 2.10. The van der Waals surface area contributed by atoms with Crippen LogP contribution in [0.2, 0.25) is 0 Å². The molecule has 1 amide bonds. The zero-order valence-corrected chi connectivity index (χ0v) is 12.2. The zero-order valence-electron chi connectivity index (χ0n) is 12.2. The minimum absolute atomic E-state index is 0.0579. The molecule has 0 aliphatic rings. The smallest absolute Gasteiger partial charge is 0.244 e. The molecule has 0 saturated carbocycles. The third-order valence-corrected chi connectivity index (χ3v) is 3.43. The lowest BCUT2D eigenvalue weighted by Gasteiger charge is -2.28. The molecule has 6 heteroatoms. The van der Waals surface area contributed by atoms with Gasteiger partial charge in [0.25, 0.3) is 0 Å². The van der Waals surface area contributed by atoms with E-state index in [4.69, 9.17) is 5.73 Å². The topological polar surface area (TPSA) is 64.2 Å². The molecule has 1 heterocycles. The van der Waals surface area contributed by atoms with Gasteiger partial charge in [-0.1, -0.05) is 12.1 Å². The summed E-state index contributed by atoms with van der Waals surface area (Å²) in [6.45, 7) is 4.53. The lowest BCUT2D eigenvalue weighted by atomic mass is 10.1. The van der Waals surface area contributed by atoms with Crippen molar-refractivity contribution in [2.45, 2.75) is 26.4 Å². The molecule has 0 radical (unpaired) electrons. The first kappa shape index (κ1) is 15.0. The Morgan fingerprint density at radius 1 is 1.43 bits per heavy atom. The van der Waals surface area contributed by atoms with Crippen LogP contribution in [0.4, 0.5) is 10.1 Å². The van der Waals surface area contributed by atoms with Gasteiger partial charge in [-0.25, -0.2) is 4.39 Å². The Morgan fingerprint density at radius 3 is 2.62 bits per heavy atom. The SMILES string of the molecule is CCN(C(=O)Cn1cc(N)cn1)C(C)c1ccc(F)cc1. The number of amides is 1. The number of benzene rings is 1. The van der Waals surface area contributed by atoms with Crippen molar-refractivity contribution in [3.8, 4) is 0 Å². The minimum Gasteiger partial charge on any atom is -0.396 e. The van der Waals surface area contributed by atoms with Crippen LogP contribution in [0.5, 0.6) is 0 Å². The molecule has 5 nitrogen and oxygen atoms in total. The molecule has 0 fully saturated rings. The van der Waals surface area contributed by atoms with Gasteiger partial charge in [-0.15, -0.1) is 0 Å². The first-order valence-electron chi connectivity index (χ1n) is 6.84. The number of nitrogen functional groups attached to an aromatic ring is 1. The predicted octanol–water partition coefficient (Wildman–Crippen LogP) is 2.21. The van der Waals surface area contributed by atoms with Crippen LogP contribution in [-0.4, -0.2) is 27.1 Å². The number of rotatable bonds is 5. The second kappa shape index (κ2) is 6.39. The maximum atomic E-state index is 13.0. The normalized spacial score (nSPS) is 12.1. The Morgan fingerprint density at radius 2 is 2.10 bits per heavy atom. The number of likely N-dealkylation sites (N-methyl/N-ethyl adjacent to an activating group) is 1. The quantitative estimate of drug-likeness (QED) is 0.918. The number of nitrogens with zero attached hydrogens (tertiary/aromatic N) is 3. The minimum atomic E-state index is -0.285. The molecule has 0 spiro atoms. The molecular formula is C15H19FN4O. The zero-order chi connectivity index (χ0) is 15.4. The highest BCUT2D eigenvalue weighted by Gasteiger charge is 2.20. The van der Waals surface area contributed by atoms with Gasteiger partial charge in [-0.05, 0) is 31.5 Å². The van der Waals surface area contributed by atoms with E-state index in [9.17, 15) is 9.18 Å². The van der Waals surface area contributed by atoms with Crippen LogP contribution < -0.4 is 5.73 Å². The average Bonchev–Trinajstić information content (AvgIpc) is 2.85. The molecule has 1 aromatic heterocycles. The van der Waals surface area contributed by atoms with E-state index in [0.29, 0.717) is 12.2 Å². The third-order valence-electron chi connectivity index (χ3n) is 3.43. The molecule has 0 aliphatic heterocycles. The lowest BCUT2D eigenvalue weighted by Crippen LogP contribution is -2.36. The van der Waals surface area contributed by atoms with E-state index in [2.05, 4.69) is 5.10 Å². The highest BCUT2D eigenvalue weighted by atomic mass is 19.1. The molecule has 0 aliphatic carbocycles. The van der Waals surface area contributed by atoms with Crippen LogP contribution >= 0.6 is 0 Å². The molecule has 2 aromatic rings. The van der Waals surface area contributed by atoms with E-state index in [1.54, 1.807) is 23.2 Å². The van der Waals surface area contributed by atoms with Gasteiger partial charge in [-0.2, -0.15) is 5.10 Å². The summed E-state index contributed by atoms with van der Waals surface area (Å²) in [5.41, 5.74) is 7.00. The van der Waals surface area contributed by atoms with E-state index in [0.717, 1.165) is 5.56 Å². The number of hydrogen-bond donors (Lipinski definition) is 1. The lowest BCUT2D eigenvalue weighted by molar-refractivity contribution is -0.134. The van der Waals surface area contributed by atoms with Crippen molar-refractivity contribution in [2.75, 3.05) is 12.3 Å². The first-order valence-corrected chi connectivity index (χ1v) is 6.84. The van der Waals surface area contributed by atoms with Crippen molar-refractivity contribution in [1.82, 2.24) is 14.7 Å². The summed E-state index contributed by atoms with van der Waals surface area (Å²) in [5, 5.41) is 4.01. The summed E-state index contributed by atoms with van der Waals surface area (Å²) in [5.74, 6) is -0.343. The van der Waals surface area contributed by atoms with Gasteiger partial charge in [0.15, 0.2) is 0 Å². The summed E-state index contributed by atoms with van der Waals surface area (Å²) < 4.78 is 14.5. The van der Waals surface area contributed by atoms with Crippen molar-refractivity contribution < 1.29 is 9.18 Å². The molecule has 1 aromatic carbocycles. The number of nitrogens with two attached hydrogens (primary N) is 1. The van der Waals surface area contributed by atoms with Gasteiger partial charge in [0.2, 0.25) is 5.91 Å². The fourth-order valence-corrected chi connectivity index (χ4v) is 2.28. The van der Waals surface area contributed by atoms with Gasteiger partial charge in [0.1, 0.15) is 12.4 Å². The Bertz CT molecular complexity index is 608. The summed E-state index contributed by atoms with van der Waals surface area (Å²) in [6.07, 6.45) is 3.13. The Hall–Kier alpha value is -2.37. The summed E-state index contributed by atoms with van der Waals surface area (Å²) in [6, 6.07) is 6.07. The van der Waals surface area contributed by atoms with Crippen molar-refractivity contribution in [1.29, 1.82) is 0 Å². The number of carbonyl (C=O) groups excluding carboxylic acids is 1. The van der Waals surface area contributed by atoms with Gasteiger partial charge in [-0.3, -0.25) is 9.48 Å². The molecule has 0 bridgehead atoms. The second-order valence-electron chi connectivity index (χ2n) is 4.88. The maximum absolute atomic E-state index is 13.0. The van der Waals surface area contributed by atoms with Gasteiger partial charge in [0.05, 0.1) is 17.9 Å². The van der Waals surface area contributed by atoms with Crippen LogP contribution in [0.15, 0.2) is 36.7 Å². The van der Waals surface area contributed by atoms with E-state index in [1.807, 2.05) is 13.8 Å². The van der Waals surface area contributed by atoms with Crippen LogP contribution in [0, 0.1) is 5.82 Å². The van der Waals surface area contributed by atoms with Gasteiger partial charge >= 0.3 is 0 Å². The van der Waals surface area contributed by atoms with Crippen molar-refractivity contribution in [2.24, 2.45) is 0 Å². The van der Waals surface area contributed by atoms with E-state index in [1.165, 1.54) is 23.0 Å². The molecule has 2 rings (SSSR count). The number of aromatic nitrogens is 2. The largest absolute Gasteiger partial charge is 0.396 e. The summed E-state index contributed by atoms with van der Waals surface area (Å²) in [4.78, 5) is 14.1. The van der Waals surface area contributed by atoms with E-state index >= 15 is 0 Å². The molecule has 0 saturated heterocycles. The van der Waals surface area contributed by atoms with Crippen LogP contribution in [-0.2, 0) is 11.3 Å². The molecule has 2 N–H and O–H groups in total. The van der Waals surface area contributed by atoms with Crippen LogP contribution in [0.3, 0.4) is 0 Å². The average molecular weight is 290 g/mol. The summed E-state index contributed by atoms with van der Waals surface area (Å²) in [7, 11) is 0. The standard InChI is InChI=1S/C15H19FN4O/c1-3-20(11(2)12-4-6-13(16)7-5-12)15(21)10-19-9-14(17)8-18-19/h4-9,11H,3,10,17H2,1-2H3. The van der Waals surface area contributed by atoms with E-state index in [-0.39, 0.29) is 24.3 Å². The second-order valence-corrected chi connectivity index (χ2v) is 4.88. The third kappa shape index (κ3) is 3.59. The highest BCUT2D eigenvalue weighted by Crippen LogP contribution is 2.20. The fourth-order valence-electron chi connectivity index (χ4n) is 2.28. The van der Waals surface area contributed by atoms with Crippen molar-refractivity contribution >= 4 is 11.6 Å². The molecule has 1 unspecified atom stereocenters. The number of halogens is 1. The van der Waals surface area contributed by atoms with Crippen molar-refractivity contribution in [3.05, 3.63) is 48.0 Å². The number of carbonyl (C=O) groups is 1. The van der Waals surface area contributed by atoms with Crippen LogP contribution in [0.25, 0.3) is 0 Å². The van der Waals surface area contributed by atoms with Gasteiger partial charge < -0.3 is 10.6 Å². The highest BCUT2D eigenvalue weighted by molar-refractivity contribution is 5.76. The maximum Gasteiger partial charge on any atom is 0.244 e. The fraction of sp³-hybridized carbons (Fsp3) is 0.333. The molecule has 21 heavy (non-hydrogen) atoms. The first-order chi connectivity index (χ1) is 10.0. The number of anilines is 1. The van der Waals surface area contributed by atoms with Crippen molar-refractivity contribution in [3.63, 3.8) is 0 Å². The molecule has 112 valence electrons. The summed E-state index contributed by atoms with van der Waals surface area (Å²) >= 11 is 0. The van der Waals surface area contributed by atoms with E-state index < -0.39 is 0 Å². The number of hydrogen-bond acceptors (Lipinski definition) is 3. The Labute approximate surface area is 123 Å². The molecule has 1 atom stereocenters. The van der Waals surface area contributed by atoms with Crippen LogP contribution in [0.1, 0.15) is 25.5 Å².